The van der Waals surface area contributed by atoms with Gasteiger partial charge in [-0.05, 0) is 35.2 Å². The zero-order valence-corrected chi connectivity index (χ0v) is 10.5. The smallest absolute Gasteiger partial charge is 0.119 e. The highest BCUT2D eigenvalue weighted by Gasteiger charge is 2.15. The van der Waals surface area contributed by atoms with Crippen LogP contribution in [0.4, 0.5) is 0 Å². The Morgan fingerprint density at radius 1 is 1.06 bits per heavy atom. The van der Waals surface area contributed by atoms with Crippen LogP contribution >= 0.6 is 0 Å². The molecule has 2 aromatic carbocycles. The number of rotatable bonds is 2. The fourth-order valence-corrected chi connectivity index (χ4v) is 2.51. The Hall–Kier alpha value is -2.02. The monoisotopic (exact) mass is 236 g/mol. The molecule has 0 amide bonds. The Morgan fingerprint density at radius 2 is 1.94 bits per heavy atom. The SMILES string of the molecule is COc1cccc(C2C=Cc3ccccc3C2)c1. The maximum atomic E-state index is 5.29. The minimum Gasteiger partial charge on any atom is -0.497 e. The van der Waals surface area contributed by atoms with E-state index >= 15 is 0 Å². The number of methoxy groups -OCH3 is 1. The van der Waals surface area contributed by atoms with Crippen LogP contribution in [0.1, 0.15) is 22.6 Å². The van der Waals surface area contributed by atoms with E-state index in [9.17, 15) is 0 Å². The number of hydrogen-bond donors (Lipinski definition) is 0. The molecule has 2 aromatic rings. The molecule has 0 aliphatic heterocycles. The fourth-order valence-electron chi connectivity index (χ4n) is 2.51. The second-order valence-electron chi connectivity index (χ2n) is 4.65. The summed E-state index contributed by atoms with van der Waals surface area (Å²) in [6.45, 7) is 0. The lowest BCUT2D eigenvalue weighted by Gasteiger charge is -2.20. The van der Waals surface area contributed by atoms with Crippen molar-refractivity contribution in [2.45, 2.75) is 12.3 Å². The minimum absolute atomic E-state index is 0.454. The summed E-state index contributed by atoms with van der Waals surface area (Å²) in [7, 11) is 1.71. The van der Waals surface area contributed by atoms with Gasteiger partial charge in [-0.1, -0.05) is 48.6 Å². The predicted molar refractivity (Wildman–Crippen MR) is 74.9 cm³/mol. The van der Waals surface area contributed by atoms with Crippen molar-refractivity contribution in [3.8, 4) is 5.75 Å². The number of benzene rings is 2. The van der Waals surface area contributed by atoms with Crippen LogP contribution in [0.15, 0.2) is 54.6 Å². The van der Waals surface area contributed by atoms with Gasteiger partial charge in [-0.3, -0.25) is 0 Å². The number of fused-ring (bicyclic) bond motifs is 1. The van der Waals surface area contributed by atoms with Crippen molar-refractivity contribution >= 4 is 6.08 Å². The maximum Gasteiger partial charge on any atom is 0.119 e. The number of allylic oxidation sites excluding steroid dienone is 1. The summed E-state index contributed by atoms with van der Waals surface area (Å²) in [6.07, 6.45) is 5.58. The quantitative estimate of drug-likeness (QED) is 0.764. The van der Waals surface area contributed by atoms with Crippen molar-refractivity contribution in [2.24, 2.45) is 0 Å². The molecule has 0 heterocycles. The Kier molecular flexibility index (Phi) is 2.89. The van der Waals surface area contributed by atoms with Crippen molar-refractivity contribution in [1.29, 1.82) is 0 Å². The lowest BCUT2D eigenvalue weighted by atomic mass is 9.85. The van der Waals surface area contributed by atoms with Crippen LogP contribution in [-0.4, -0.2) is 7.11 Å². The summed E-state index contributed by atoms with van der Waals surface area (Å²) in [4.78, 5) is 0. The summed E-state index contributed by atoms with van der Waals surface area (Å²) < 4.78 is 5.29. The van der Waals surface area contributed by atoms with Crippen molar-refractivity contribution < 1.29 is 4.74 Å². The van der Waals surface area contributed by atoms with E-state index < -0.39 is 0 Å². The lowest BCUT2D eigenvalue weighted by molar-refractivity contribution is 0.414. The third-order valence-corrected chi connectivity index (χ3v) is 3.52. The van der Waals surface area contributed by atoms with E-state index in [1.54, 1.807) is 7.11 Å². The molecular weight excluding hydrogens is 220 g/mol. The molecule has 0 aromatic heterocycles. The van der Waals surface area contributed by atoms with E-state index in [-0.39, 0.29) is 0 Å². The van der Waals surface area contributed by atoms with Gasteiger partial charge in [0, 0.05) is 5.92 Å². The molecule has 1 heteroatoms. The van der Waals surface area contributed by atoms with Crippen LogP contribution in [0, 0.1) is 0 Å². The van der Waals surface area contributed by atoms with Crippen LogP contribution in [0.25, 0.3) is 6.08 Å². The maximum absolute atomic E-state index is 5.29. The van der Waals surface area contributed by atoms with E-state index in [0.29, 0.717) is 5.92 Å². The van der Waals surface area contributed by atoms with Gasteiger partial charge in [0.1, 0.15) is 5.75 Å². The largest absolute Gasteiger partial charge is 0.497 e. The molecule has 1 nitrogen and oxygen atoms in total. The highest BCUT2D eigenvalue weighted by molar-refractivity contribution is 5.58. The molecule has 0 N–H and O–H groups in total. The second kappa shape index (κ2) is 4.69. The normalized spacial score (nSPS) is 17.3. The summed E-state index contributed by atoms with van der Waals surface area (Å²) in [6, 6.07) is 16.9. The third-order valence-electron chi connectivity index (χ3n) is 3.52. The Morgan fingerprint density at radius 3 is 2.83 bits per heavy atom. The zero-order chi connectivity index (χ0) is 12.4. The van der Waals surface area contributed by atoms with E-state index in [1.807, 2.05) is 6.07 Å². The van der Waals surface area contributed by atoms with E-state index in [0.717, 1.165) is 12.2 Å². The van der Waals surface area contributed by atoms with E-state index in [1.165, 1.54) is 16.7 Å². The van der Waals surface area contributed by atoms with Gasteiger partial charge in [0.2, 0.25) is 0 Å². The molecule has 1 aliphatic rings. The highest BCUT2D eigenvalue weighted by Crippen LogP contribution is 2.31. The van der Waals surface area contributed by atoms with Crippen molar-refractivity contribution in [3.63, 3.8) is 0 Å². The third kappa shape index (κ3) is 2.04. The topological polar surface area (TPSA) is 9.23 Å². The second-order valence-corrected chi connectivity index (χ2v) is 4.65. The summed E-state index contributed by atoms with van der Waals surface area (Å²) in [5, 5.41) is 0. The van der Waals surface area contributed by atoms with Crippen LogP contribution in [0.2, 0.25) is 0 Å². The first kappa shape index (κ1) is 11.1. The molecule has 0 saturated carbocycles. The number of ether oxygens (including phenoxy) is 1. The predicted octanol–water partition coefficient (Wildman–Crippen LogP) is 4.05. The molecule has 18 heavy (non-hydrogen) atoms. The molecule has 3 rings (SSSR count). The molecule has 1 atom stereocenters. The van der Waals surface area contributed by atoms with Gasteiger partial charge >= 0.3 is 0 Å². The van der Waals surface area contributed by atoms with Crippen molar-refractivity contribution in [2.75, 3.05) is 7.11 Å². The standard InChI is InChI=1S/C17H16O/c1-18-17-8-4-7-15(12-17)16-10-9-13-5-2-3-6-14(13)11-16/h2-10,12,16H,11H2,1H3. The highest BCUT2D eigenvalue weighted by atomic mass is 16.5. The van der Waals surface area contributed by atoms with Gasteiger partial charge in [-0.25, -0.2) is 0 Å². The average molecular weight is 236 g/mol. The molecule has 1 aliphatic carbocycles. The van der Waals surface area contributed by atoms with Crippen LogP contribution in [-0.2, 0) is 6.42 Å². The molecule has 0 fully saturated rings. The lowest BCUT2D eigenvalue weighted by Crippen LogP contribution is -2.05. The van der Waals surface area contributed by atoms with Gasteiger partial charge in [0.25, 0.3) is 0 Å². The number of hydrogen-bond acceptors (Lipinski definition) is 1. The molecule has 0 radical (unpaired) electrons. The molecule has 0 saturated heterocycles. The van der Waals surface area contributed by atoms with Gasteiger partial charge in [0.15, 0.2) is 0 Å². The van der Waals surface area contributed by atoms with Gasteiger partial charge in [-0.2, -0.15) is 0 Å². The van der Waals surface area contributed by atoms with E-state index in [2.05, 4.69) is 54.6 Å². The first-order valence-electron chi connectivity index (χ1n) is 6.27. The Balaban J connectivity index is 1.92. The Labute approximate surface area is 108 Å². The molecule has 0 spiro atoms. The van der Waals surface area contributed by atoms with Gasteiger partial charge in [-0.15, -0.1) is 0 Å². The van der Waals surface area contributed by atoms with Crippen LogP contribution in [0.5, 0.6) is 5.75 Å². The van der Waals surface area contributed by atoms with E-state index in [4.69, 9.17) is 4.74 Å². The van der Waals surface area contributed by atoms with Gasteiger partial charge in [0.05, 0.1) is 7.11 Å². The van der Waals surface area contributed by atoms with Crippen molar-refractivity contribution in [1.82, 2.24) is 0 Å². The molecular formula is C17H16O. The first-order chi connectivity index (χ1) is 8.86. The van der Waals surface area contributed by atoms with Gasteiger partial charge < -0.3 is 4.74 Å². The summed E-state index contributed by atoms with van der Waals surface area (Å²) in [5.41, 5.74) is 4.09. The Bertz CT molecular complexity index is 584. The van der Waals surface area contributed by atoms with Crippen LogP contribution in [0.3, 0.4) is 0 Å². The minimum atomic E-state index is 0.454. The summed E-state index contributed by atoms with van der Waals surface area (Å²) >= 11 is 0. The zero-order valence-electron chi connectivity index (χ0n) is 10.5. The molecule has 90 valence electrons. The molecule has 0 bridgehead atoms. The fraction of sp³-hybridized carbons (Fsp3) is 0.176. The van der Waals surface area contributed by atoms with Crippen molar-refractivity contribution in [3.05, 3.63) is 71.3 Å². The molecule has 1 unspecified atom stereocenters. The average Bonchev–Trinajstić information content (AvgIpc) is 2.47. The first-order valence-corrected chi connectivity index (χ1v) is 6.27. The van der Waals surface area contributed by atoms with Crippen LogP contribution < -0.4 is 4.74 Å². The summed E-state index contributed by atoms with van der Waals surface area (Å²) in [5.74, 6) is 1.38.